The van der Waals surface area contributed by atoms with Crippen LogP contribution in [0.3, 0.4) is 0 Å². The number of benzene rings is 2. The maximum absolute atomic E-state index is 12.5. The number of hydrogen-bond donors (Lipinski definition) is 1. The minimum absolute atomic E-state index is 0.169. The van der Waals surface area contributed by atoms with E-state index < -0.39 is 10.0 Å². The molecule has 26 heavy (non-hydrogen) atoms. The first-order valence-electron chi connectivity index (χ1n) is 8.39. The standard InChI is InChI=1S/C19H23ClN2O3S/c1-5-22(6-2)26(24,25)16-9-7-15(8-10-16)19(23)21-18-14(4)11-13(3)12-17(18)20/h7-12H,5-6H2,1-4H3,(H,21,23). The van der Waals surface area contributed by atoms with E-state index in [2.05, 4.69) is 5.32 Å². The molecule has 0 aliphatic rings. The first-order valence-corrected chi connectivity index (χ1v) is 10.2. The number of carbonyl (C=O) groups is 1. The number of nitrogens with one attached hydrogen (secondary N) is 1. The van der Waals surface area contributed by atoms with Gasteiger partial charge in [-0.1, -0.05) is 31.5 Å². The van der Waals surface area contributed by atoms with Crippen LogP contribution in [-0.4, -0.2) is 31.7 Å². The highest BCUT2D eigenvalue weighted by molar-refractivity contribution is 7.89. The maximum Gasteiger partial charge on any atom is 0.255 e. The number of carbonyl (C=O) groups excluding carboxylic acids is 1. The highest BCUT2D eigenvalue weighted by atomic mass is 35.5. The summed E-state index contributed by atoms with van der Waals surface area (Å²) in [6.07, 6.45) is 0. The van der Waals surface area contributed by atoms with E-state index in [4.69, 9.17) is 11.6 Å². The van der Waals surface area contributed by atoms with E-state index in [1.165, 1.54) is 28.6 Å². The van der Waals surface area contributed by atoms with Crippen LogP contribution in [0.2, 0.25) is 5.02 Å². The fraction of sp³-hybridized carbons (Fsp3) is 0.316. The Labute approximate surface area is 160 Å². The first kappa shape index (κ1) is 20.4. The molecule has 2 aromatic rings. The summed E-state index contributed by atoms with van der Waals surface area (Å²) >= 11 is 6.22. The van der Waals surface area contributed by atoms with Crippen LogP contribution < -0.4 is 5.32 Å². The van der Waals surface area contributed by atoms with Gasteiger partial charge >= 0.3 is 0 Å². The van der Waals surface area contributed by atoms with Gasteiger partial charge in [-0.3, -0.25) is 4.79 Å². The number of nitrogens with zero attached hydrogens (tertiary/aromatic N) is 1. The Morgan fingerprint density at radius 2 is 1.65 bits per heavy atom. The van der Waals surface area contributed by atoms with Crippen LogP contribution in [0, 0.1) is 13.8 Å². The van der Waals surface area contributed by atoms with Crippen molar-refractivity contribution in [2.24, 2.45) is 0 Å². The van der Waals surface area contributed by atoms with Gasteiger partial charge in [-0.2, -0.15) is 4.31 Å². The van der Waals surface area contributed by atoms with Gasteiger partial charge in [0.1, 0.15) is 0 Å². The van der Waals surface area contributed by atoms with Crippen molar-refractivity contribution in [2.75, 3.05) is 18.4 Å². The molecule has 0 spiro atoms. The Morgan fingerprint density at radius 1 is 1.08 bits per heavy atom. The molecule has 0 radical (unpaired) electrons. The maximum atomic E-state index is 12.5. The topological polar surface area (TPSA) is 66.5 Å². The zero-order chi connectivity index (χ0) is 19.5. The van der Waals surface area contributed by atoms with Crippen LogP contribution in [0.25, 0.3) is 0 Å². The van der Waals surface area contributed by atoms with E-state index in [-0.39, 0.29) is 10.8 Å². The summed E-state index contributed by atoms with van der Waals surface area (Å²) in [5, 5.41) is 3.26. The lowest BCUT2D eigenvalue weighted by atomic mass is 10.1. The molecule has 0 heterocycles. The Kier molecular flexibility index (Phi) is 6.44. The fourth-order valence-electron chi connectivity index (χ4n) is 2.75. The molecule has 0 aromatic heterocycles. The number of sulfonamides is 1. The molecule has 5 nitrogen and oxygen atoms in total. The van der Waals surface area contributed by atoms with Crippen molar-refractivity contribution in [1.29, 1.82) is 0 Å². The van der Waals surface area contributed by atoms with Gasteiger partial charge in [0.15, 0.2) is 0 Å². The molecule has 7 heteroatoms. The van der Waals surface area contributed by atoms with Crippen LogP contribution >= 0.6 is 11.6 Å². The van der Waals surface area contributed by atoms with E-state index in [1.807, 2.05) is 19.9 Å². The number of hydrogen-bond acceptors (Lipinski definition) is 3. The Hall–Kier alpha value is -1.89. The number of rotatable bonds is 6. The van der Waals surface area contributed by atoms with Crippen LogP contribution in [0.1, 0.15) is 35.3 Å². The molecule has 0 saturated carbocycles. The molecule has 2 aromatic carbocycles. The smallest absolute Gasteiger partial charge is 0.255 e. The predicted octanol–water partition coefficient (Wildman–Crippen LogP) is 4.24. The molecule has 0 aliphatic heterocycles. The second-order valence-electron chi connectivity index (χ2n) is 6.01. The van der Waals surface area contributed by atoms with E-state index in [9.17, 15) is 13.2 Å². The van der Waals surface area contributed by atoms with Crippen molar-refractivity contribution in [3.05, 3.63) is 58.1 Å². The fourth-order valence-corrected chi connectivity index (χ4v) is 4.58. The Balaban J connectivity index is 2.25. The van der Waals surface area contributed by atoms with Crippen LogP contribution in [0.15, 0.2) is 41.3 Å². The van der Waals surface area contributed by atoms with Crippen molar-refractivity contribution >= 4 is 33.2 Å². The minimum Gasteiger partial charge on any atom is -0.320 e. The normalized spacial score (nSPS) is 11.6. The van der Waals surface area contributed by atoms with Crippen LogP contribution in [0.5, 0.6) is 0 Å². The second kappa shape index (κ2) is 8.20. The summed E-state index contributed by atoms with van der Waals surface area (Å²) < 4.78 is 26.4. The van der Waals surface area contributed by atoms with Crippen LogP contribution in [-0.2, 0) is 10.0 Å². The average molecular weight is 395 g/mol. The summed E-state index contributed by atoms with van der Waals surface area (Å²) in [7, 11) is -3.54. The second-order valence-corrected chi connectivity index (χ2v) is 8.35. The quantitative estimate of drug-likeness (QED) is 0.796. The molecule has 0 saturated heterocycles. The summed E-state index contributed by atoms with van der Waals surface area (Å²) in [6.45, 7) is 8.17. The molecule has 140 valence electrons. The van der Waals surface area contributed by atoms with Gasteiger partial charge in [-0.15, -0.1) is 0 Å². The van der Waals surface area contributed by atoms with E-state index >= 15 is 0 Å². The third-order valence-corrected chi connectivity index (χ3v) is 6.49. The van der Waals surface area contributed by atoms with Crippen molar-refractivity contribution in [2.45, 2.75) is 32.6 Å². The van der Waals surface area contributed by atoms with Crippen molar-refractivity contribution in [3.63, 3.8) is 0 Å². The zero-order valence-electron chi connectivity index (χ0n) is 15.3. The predicted molar refractivity (Wildman–Crippen MR) is 105 cm³/mol. The molecule has 2 rings (SSSR count). The van der Waals surface area contributed by atoms with Gasteiger partial charge in [0.25, 0.3) is 5.91 Å². The van der Waals surface area contributed by atoms with Gasteiger partial charge < -0.3 is 5.32 Å². The molecular formula is C19H23ClN2O3S. The molecule has 1 N–H and O–H groups in total. The van der Waals surface area contributed by atoms with E-state index in [0.717, 1.165) is 11.1 Å². The lowest BCUT2D eigenvalue weighted by Crippen LogP contribution is -2.30. The average Bonchev–Trinajstić information content (AvgIpc) is 2.58. The molecule has 0 fully saturated rings. The van der Waals surface area contributed by atoms with Crippen molar-refractivity contribution < 1.29 is 13.2 Å². The van der Waals surface area contributed by atoms with E-state index in [0.29, 0.717) is 29.4 Å². The highest BCUT2D eigenvalue weighted by Gasteiger charge is 2.21. The first-order chi connectivity index (χ1) is 12.2. The summed E-state index contributed by atoms with van der Waals surface area (Å²) in [4.78, 5) is 12.6. The lowest BCUT2D eigenvalue weighted by Gasteiger charge is -2.18. The minimum atomic E-state index is -3.54. The van der Waals surface area contributed by atoms with Crippen LogP contribution in [0.4, 0.5) is 5.69 Å². The number of aryl methyl sites for hydroxylation is 2. The van der Waals surface area contributed by atoms with Gasteiger partial charge in [-0.05, 0) is 55.3 Å². The number of anilines is 1. The molecule has 1 amide bonds. The van der Waals surface area contributed by atoms with Crippen molar-refractivity contribution in [1.82, 2.24) is 4.31 Å². The Bertz CT molecular complexity index is 882. The molecule has 0 aliphatic carbocycles. The summed E-state index contributed by atoms with van der Waals surface area (Å²) in [5.74, 6) is -0.342. The molecule has 0 unspecified atom stereocenters. The SMILES string of the molecule is CCN(CC)S(=O)(=O)c1ccc(C(=O)Nc2c(C)cc(C)cc2Cl)cc1. The Morgan fingerprint density at radius 3 is 2.15 bits per heavy atom. The summed E-state index contributed by atoms with van der Waals surface area (Å²) in [6, 6.07) is 9.62. The van der Waals surface area contributed by atoms with Gasteiger partial charge in [-0.25, -0.2) is 8.42 Å². The molecule has 0 atom stereocenters. The molecule has 0 bridgehead atoms. The third kappa shape index (κ3) is 4.26. The zero-order valence-corrected chi connectivity index (χ0v) is 16.9. The van der Waals surface area contributed by atoms with Gasteiger partial charge in [0, 0.05) is 18.7 Å². The highest BCUT2D eigenvalue weighted by Crippen LogP contribution is 2.28. The largest absolute Gasteiger partial charge is 0.320 e. The van der Waals surface area contributed by atoms with Gasteiger partial charge in [0.05, 0.1) is 15.6 Å². The monoisotopic (exact) mass is 394 g/mol. The third-order valence-electron chi connectivity index (χ3n) is 4.13. The lowest BCUT2D eigenvalue weighted by molar-refractivity contribution is 0.102. The van der Waals surface area contributed by atoms with E-state index in [1.54, 1.807) is 19.9 Å². The van der Waals surface area contributed by atoms with Crippen molar-refractivity contribution in [3.8, 4) is 0 Å². The summed E-state index contributed by atoms with van der Waals surface area (Å²) in [5.41, 5.74) is 2.79. The number of halogens is 1. The number of amides is 1. The van der Waals surface area contributed by atoms with Gasteiger partial charge in [0.2, 0.25) is 10.0 Å². The molecular weight excluding hydrogens is 372 g/mol.